The van der Waals surface area contributed by atoms with Gasteiger partial charge in [-0.25, -0.2) is 0 Å². The Bertz CT molecular complexity index is 477. The number of fused-ring (bicyclic) bond motifs is 1. The Morgan fingerprint density at radius 1 is 1.55 bits per heavy atom. The molecule has 1 aromatic rings. The molecule has 1 N–H and O–H groups in total. The van der Waals surface area contributed by atoms with Crippen LogP contribution in [0.1, 0.15) is 18.6 Å². The van der Waals surface area contributed by atoms with Gasteiger partial charge < -0.3 is 19.2 Å². The number of nitrogens with zero attached hydrogens (tertiary/aromatic N) is 1. The molecule has 1 aromatic heterocycles. The highest BCUT2D eigenvalue weighted by atomic mass is 16.5. The van der Waals surface area contributed by atoms with Crippen molar-refractivity contribution in [2.24, 2.45) is 5.92 Å². The van der Waals surface area contributed by atoms with Gasteiger partial charge in [-0.2, -0.15) is 0 Å². The molecule has 1 amide bonds. The van der Waals surface area contributed by atoms with Crippen molar-refractivity contribution in [1.29, 1.82) is 0 Å². The number of methoxy groups -OCH3 is 1. The van der Waals surface area contributed by atoms with Crippen molar-refractivity contribution in [3.8, 4) is 0 Å². The zero-order valence-electron chi connectivity index (χ0n) is 13.0. The van der Waals surface area contributed by atoms with Crippen molar-refractivity contribution in [1.82, 2.24) is 10.2 Å². The Hall–Kier alpha value is -1.37. The van der Waals surface area contributed by atoms with E-state index in [-0.39, 0.29) is 18.1 Å². The first-order chi connectivity index (χ1) is 10.8. The summed E-state index contributed by atoms with van der Waals surface area (Å²) in [5, 5.41) is 2.89. The van der Waals surface area contributed by atoms with Crippen molar-refractivity contribution in [3.05, 3.63) is 24.2 Å². The molecule has 6 nitrogen and oxygen atoms in total. The highest BCUT2D eigenvalue weighted by molar-refractivity contribution is 5.81. The number of carbonyl (C=O) groups is 1. The van der Waals surface area contributed by atoms with Crippen molar-refractivity contribution in [2.45, 2.75) is 31.6 Å². The Balaban J connectivity index is 1.46. The molecular weight excluding hydrogens is 284 g/mol. The molecule has 2 saturated heterocycles. The van der Waals surface area contributed by atoms with Crippen LogP contribution in [0.15, 0.2) is 22.8 Å². The quantitative estimate of drug-likeness (QED) is 0.850. The second-order valence-corrected chi connectivity index (χ2v) is 6.04. The van der Waals surface area contributed by atoms with Gasteiger partial charge >= 0.3 is 0 Å². The summed E-state index contributed by atoms with van der Waals surface area (Å²) in [5.74, 6) is 1.22. The zero-order chi connectivity index (χ0) is 15.4. The molecule has 3 rings (SSSR count). The fourth-order valence-corrected chi connectivity index (χ4v) is 3.29. The Kier molecular flexibility index (Phi) is 5.12. The summed E-state index contributed by atoms with van der Waals surface area (Å²) < 4.78 is 16.3. The number of hydrogen-bond donors (Lipinski definition) is 1. The van der Waals surface area contributed by atoms with Crippen LogP contribution in [0.4, 0.5) is 0 Å². The Morgan fingerprint density at radius 2 is 2.45 bits per heavy atom. The highest BCUT2D eigenvalue weighted by Crippen LogP contribution is 2.33. The lowest BCUT2D eigenvalue weighted by molar-refractivity contribution is -0.133. The monoisotopic (exact) mass is 308 g/mol. The van der Waals surface area contributed by atoms with Gasteiger partial charge in [0.25, 0.3) is 0 Å². The van der Waals surface area contributed by atoms with Crippen LogP contribution in [0.5, 0.6) is 0 Å². The van der Waals surface area contributed by atoms with Gasteiger partial charge in [0, 0.05) is 20.2 Å². The predicted octanol–water partition coefficient (Wildman–Crippen LogP) is 1.02. The fraction of sp³-hybridized carbons (Fsp3) is 0.688. The van der Waals surface area contributed by atoms with E-state index in [9.17, 15) is 4.79 Å². The van der Waals surface area contributed by atoms with E-state index in [1.165, 1.54) is 0 Å². The number of amides is 1. The van der Waals surface area contributed by atoms with E-state index >= 15 is 0 Å². The second-order valence-electron chi connectivity index (χ2n) is 6.04. The number of ether oxygens (including phenoxy) is 2. The topological polar surface area (TPSA) is 63.9 Å². The van der Waals surface area contributed by atoms with Crippen LogP contribution in [0, 0.1) is 5.92 Å². The SMILES string of the molecule is COCCN1CC[C@@H]2C[C@@H](C(=O)NCc3ccco3)O[C@@H]2C1. The molecule has 3 heterocycles. The van der Waals surface area contributed by atoms with Crippen LogP contribution < -0.4 is 5.32 Å². The molecule has 0 aromatic carbocycles. The minimum absolute atomic E-state index is 0.0331. The van der Waals surface area contributed by atoms with E-state index in [4.69, 9.17) is 13.9 Å². The molecule has 0 unspecified atom stereocenters. The average Bonchev–Trinajstić information content (AvgIpc) is 3.19. The molecule has 0 saturated carbocycles. The molecule has 0 radical (unpaired) electrons. The van der Waals surface area contributed by atoms with Gasteiger partial charge in [0.1, 0.15) is 11.9 Å². The summed E-state index contributed by atoms with van der Waals surface area (Å²) >= 11 is 0. The molecule has 2 aliphatic rings. The van der Waals surface area contributed by atoms with Crippen LogP contribution in [0.2, 0.25) is 0 Å². The van der Waals surface area contributed by atoms with Gasteiger partial charge in [0.05, 0.1) is 25.5 Å². The lowest BCUT2D eigenvalue weighted by Gasteiger charge is -2.33. The lowest BCUT2D eigenvalue weighted by atomic mass is 9.91. The fourth-order valence-electron chi connectivity index (χ4n) is 3.29. The number of likely N-dealkylation sites (tertiary alicyclic amines) is 1. The normalized spacial score (nSPS) is 28.5. The summed E-state index contributed by atoms with van der Waals surface area (Å²) in [6.45, 7) is 4.05. The largest absolute Gasteiger partial charge is 0.467 e. The first-order valence-electron chi connectivity index (χ1n) is 7.93. The van der Waals surface area contributed by atoms with Crippen molar-refractivity contribution < 1.29 is 18.7 Å². The Labute approximate surface area is 130 Å². The van der Waals surface area contributed by atoms with Crippen LogP contribution in [0.3, 0.4) is 0 Å². The summed E-state index contributed by atoms with van der Waals surface area (Å²) in [7, 11) is 1.72. The third-order valence-electron chi connectivity index (χ3n) is 4.56. The van der Waals surface area contributed by atoms with Crippen molar-refractivity contribution >= 4 is 5.91 Å². The standard InChI is InChI=1S/C16H24N2O4/c1-20-8-6-18-5-4-12-9-14(22-15(12)11-18)16(19)17-10-13-3-2-7-21-13/h2-3,7,12,14-15H,4-6,8-11H2,1H3,(H,17,19)/t12-,14+,15-/m1/s1. The van der Waals surface area contributed by atoms with Crippen LogP contribution in [-0.2, 0) is 20.8 Å². The molecular formula is C16H24N2O4. The first-order valence-corrected chi connectivity index (χ1v) is 7.93. The van der Waals surface area contributed by atoms with E-state index < -0.39 is 0 Å². The maximum Gasteiger partial charge on any atom is 0.249 e. The zero-order valence-corrected chi connectivity index (χ0v) is 13.0. The summed E-state index contributed by atoms with van der Waals surface area (Å²) in [6.07, 6.45) is 3.37. The third kappa shape index (κ3) is 3.69. The smallest absolute Gasteiger partial charge is 0.249 e. The van der Waals surface area contributed by atoms with E-state index in [1.54, 1.807) is 13.4 Å². The highest BCUT2D eigenvalue weighted by Gasteiger charge is 2.41. The van der Waals surface area contributed by atoms with E-state index in [0.29, 0.717) is 12.5 Å². The van der Waals surface area contributed by atoms with E-state index in [2.05, 4.69) is 10.2 Å². The summed E-state index contributed by atoms with van der Waals surface area (Å²) in [4.78, 5) is 14.6. The molecule has 6 heteroatoms. The number of carbonyl (C=O) groups excluding carboxylic acids is 1. The van der Waals surface area contributed by atoms with E-state index in [1.807, 2.05) is 12.1 Å². The van der Waals surface area contributed by atoms with Crippen LogP contribution in [0.25, 0.3) is 0 Å². The number of piperidine rings is 1. The molecule has 3 atom stereocenters. The van der Waals surface area contributed by atoms with Crippen molar-refractivity contribution in [2.75, 3.05) is 33.4 Å². The third-order valence-corrected chi connectivity index (χ3v) is 4.56. The van der Waals surface area contributed by atoms with Gasteiger partial charge in [0.2, 0.25) is 5.91 Å². The molecule has 2 aliphatic heterocycles. The number of nitrogens with one attached hydrogen (secondary N) is 1. The maximum atomic E-state index is 12.2. The summed E-state index contributed by atoms with van der Waals surface area (Å²) in [6, 6.07) is 3.67. The molecule has 22 heavy (non-hydrogen) atoms. The minimum Gasteiger partial charge on any atom is -0.467 e. The summed E-state index contributed by atoms with van der Waals surface area (Å²) in [5.41, 5.74) is 0. The number of rotatable bonds is 6. The first kappa shape index (κ1) is 15.5. The second kappa shape index (κ2) is 7.26. The lowest BCUT2D eigenvalue weighted by Crippen LogP contribution is -2.43. The van der Waals surface area contributed by atoms with E-state index in [0.717, 1.165) is 44.8 Å². The molecule has 122 valence electrons. The van der Waals surface area contributed by atoms with Crippen LogP contribution >= 0.6 is 0 Å². The van der Waals surface area contributed by atoms with Gasteiger partial charge in [-0.1, -0.05) is 0 Å². The average molecular weight is 308 g/mol. The van der Waals surface area contributed by atoms with Gasteiger partial charge in [-0.15, -0.1) is 0 Å². The number of hydrogen-bond acceptors (Lipinski definition) is 5. The van der Waals surface area contributed by atoms with Crippen molar-refractivity contribution in [3.63, 3.8) is 0 Å². The van der Waals surface area contributed by atoms with Gasteiger partial charge in [0.15, 0.2) is 0 Å². The molecule has 0 aliphatic carbocycles. The minimum atomic E-state index is -0.327. The molecule has 0 spiro atoms. The number of furan rings is 1. The van der Waals surface area contributed by atoms with Gasteiger partial charge in [-0.3, -0.25) is 9.69 Å². The van der Waals surface area contributed by atoms with Crippen LogP contribution in [-0.4, -0.2) is 56.4 Å². The van der Waals surface area contributed by atoms with Gasteiger partial charge in [-0.05, 0) is 37.4 Å². The Morgan fingerprint density at radius 3 is 3.23 bits per heavy atom. The maximum absolute atomic E-state index is 12.2. The molecule has 0 bridgehead atoms. The predicted molar refractivity (Wildman–Crippen MR) is 80.3 cm³/mol. The molecule has 2 fully saturated rings.